The maximum Gasteiger partial charge on any atom is 0.417 e. The normalized spacial score (nSPS) is 16.7. The zero-order valence-electron chi connectivity index (χ0n) is 17.5. The molecule has 12 heteroatoms. The van der Waals surface area contributed by atoms with Crippen molar-refractivity contribution in [3.8, 4) is 11.4 Å². The summed E-state index contributed by atoms with van der Waals surface area (Å²) in [5.41, 5.74) is 5.33. The van der Waals surface area contributed by atoms with E-state index in [1.807, 2.05) is 0 Å². The van der Waals surface area contributed by atoms with Gasteiger partial charge in [0.2, 0.25) is 5.91 Å². The number of carbonyl (C=O) groups is 2. The van der Waals surface area contributed by atoms with Crippen LogP contribution in [0.1, 0.15) is 39.8 Å². The molecular formula is C22H19F3N6O3. The van der Waals surface area contributed by atoms with E-state index < -0.39 is 29.8 Å². The highest BCUT2D eigenvalue weighted by Crippen LogP contribution is 2.30. The lowest BCUT2D eigenvalue weighted by atomic mass is 10.0. The first-order valence-corrected chi connectivity index (χ1v) is 10.2. The highest BCUT2D eigenvalue weighted by Gasteiger charge is 2.31. The number of primary amides is 1. The zero-order valence-corrected chi connectivity index (χ0v) is 17.5. The van der Waals surface area contributed by atoms with Gasteiger partial charge in [-0.15, -0.1) is 0 Å². The van der Waals surface area contributed by atoms with Crippen LogP contribution in [-0.2, 0) is 11.0 Å². The maximum absolute atomic E-state index is 12.7. The Kier molecular flexibility index (Phi) is 6.16. The van der Waals surface area contributed by atoms with Gasteiger partial charge in [0.05, 0.1) is 11.3 Å². The Morgan fingerprint density at radius 2 is 1.91 bits per heavy atom. The number of nitrogens with zero attached hydrogens (tertiary/aromatic N) is 3. The molecule has 1 aliphatic rings. The van der Waals surface area contributed by atoms with Crippen LogP contribution in [0, 0.1) is 0 Å². The number of rotatable bonds is 6. The van der Waals surface area contributed by atoms with Crippen LogP contribution < -0.4 is 16.4 Å². The summed E-state index contributed by atoms with van der Waals surface area (Å²) >= 11 is 0. The number of hydrogen-bond donors (Lipinski definition) is 4. The van der Waals surface area contributed by atoms with Crippen molar-refractivity contribution in [1.29, 1.82) is 0 Å². The summed E-state index contributed by atoms with van der Waals surface area (Å²) in [6.45, 7) is 0.523. The third-order valence-electron chi connectivity index (χ3n) is 5.23. The molecular weight excluding hydrogens is 453 g/mol. The standard InChI is InChI=1S/C22H19F3N6O3/c23-22(24,25)13-5-6-14(28-10-13)18(32)11-1-3-12(4-2-11)20-30-16(19(26)33)9-17(31-20)29-15-7-8-27-21(15)34/h1-6,9-10,15,18,32H,7-8H2,(H2,26,33)(H,27,34)(H,29,30,31)/t15-,18?/m0/s1. The minimum absolute atomic E-state index is 0.0500. The van der Waals surface area contributed by atoms with Crippen LogP contribution in [0.4, 0.5) is 19.0 Å². The van der Waals surface area contributed by atoms with Gasteiger partial charge in [0.1, 0.15) is 23.7 Å². The molecule has 9 nitrogen and oxygen atoms in total. The number of pyridine rings is 1. The number of anilines is 1. The van der Waals surface area contributed by atoms with E-state index in [4.69, 9.17) is 5.73 Å². The Balaban J connectivity index is 1.58. The van der Waals surface area contributed by atoms with E-state index in [1.165, 1.54) is 18.2 Å². The Morgan fingerprint density at radius 3 is 2.47 bits per heavy atom. The first-order valence-electron chi connectivity index (χ1n) is 10.2. The first kappa shape index (κ1) is 23.1. The van der Waals surface area contributed by atoms with Gasteiger partial charge in [-0.25, -0.2) is 9.97 Å². The molecule has 0 spiro atoms. The molecule has 3 aromatic rings. The second-order valence-corrected chi connectivity index (χ2v) is 7.60. The number of amides is 2. The number of nitrogens with one attached hydrogen (secondary N) is 2. The van der Waals surface area contributed by atoms with E-state index in [1.54, 1.807) is 12.1 Å². The number of aliphatic hydroxyl groups is 1. The van der Waals surface area contributed by atoms with Gasteiger partial charge in [0, 0.05) is 24.4 Å². The minimum atomic E-state index is -4.52. The van der Waals surface area contributed by atoms with Crippen LogP contribution >= 0.6 is 0 Å². The number of alkyl halides is 3. The Hall–Kier alpha value is -4.06. The number of nitrogens with two attached hydrogens (primary N) is 1. The smallest absolute Gasteiger partial charge is 0.382 e. The van der Waals surface area contributed by atoms with E-state index >= 15 is 0 Å². The van der Waals surface area contributed by atoms with E-state index in [-0.39, 0.29) is 28.9 Å². The Morgan fingerprint density at radius 1 is 1.18 bits per heavy atom. The van der Waals surface area contributed by atoms with Crippen molar-refractivity contribution in [3.05, 3.63) is 71.2 Å². The van der Waals surface area contributed by atoms with E-state index in [2.05, 4.69) is 25.6 Å². The predicted molar refractivity (Wildman–Crippen MR) is 114 cm³/mol. The van der Waals surface area contributed by atoms with Crippen LogP contribution in [0.3, 0.4) is 0 Å². The van der Waals surface area contributed by atoms with Gasteiger partial charge in [-0.3, -0.25) is 14.6 Å². The van der Waals surface area contributed by atoms with Crippen molar-refractivity contribution in [2.45, 2.75) is 24.7 Å². The Bertz CT molecular complexity index is 1220. The molecule has 0 bridgehead atoms. The van der Waals surface area contributed by atoms with Gasteiger partial charge in [0.25, 0.3) is 5.91 Å². The van der Waals surface area contributed by atoms with Gasteiger partial charge in [0.15, 0.2) is 5.82 Å². The lowest BCUT2D eigenvalue weighted by molar-refractivity contribution is -0.137. The lowest BCUT2D eigenvalue weighted by Crippen LogP contribution is -2.30. The fourth-order valence-electron chi connectivity index (χ4n) is 3.41. The second kappa shape index (κ2) is 9.06. The predicted octanol–water partition coefficient (Wildman–Crippen LogP) is 2.04. The van der Waals surface area contributed by atoms with Crippen molar-refractivity contribution in [3.63, 3.8) is 0 Å². The molecule has 0 radical (unpaired) electrons. The van der Waals surface area contributed by atoms with Gasteiger partial charge in [-0.05, 0) is 24.1 Å². The quantitative estimate of drug-likeness (QED) is 0.430. The van der Waals surface area contributed by atoms with Crippen molar-refractivity contribution in [2.75, 3.05) is 11.9 Å². The third kappa shape index (κ3) is 4.96. The molecule has 3 heterocycles. The largest absolute Gasteiger partial charge is 0.417 e. The van der Waals surface area contributed by atoms with E-state index in [0.29, 0.717) is 30.3 Å². The van der Waals surface area contributed by atoms with Crippen LogP contribution in [0.25, 0.3) is 11.4 Å². The summed E-state index contributed by atoms with van der Waals surface area (Å²) in [7, 11) is 0. The highest BCUT2D eigenvalue weighted by molar-refractivity contribution is 5.92. The van der Waals surface area contributed by atoms with Crippen LogP contribution in [0.15, 0.2) is 48.7 Å². The average molecular weight is 472 g/mol. The monoisotopic (exact) mass is 472 g/mol. The number of halogens is 3. The summed E-state index contributed by atoms with van der Waals surface area (Å²) in [5, 5.41) is 16.2. The van der Waals surface area contributed by atoms with Crippen LogP contribution in [0.2, 0.25) is 0 Å². The molecule has 1 fully saturated rings. The fourth-order valence-corrected chi connectivity index (χ4v) is 3.41. The molecule has 5 N–H and O–H groups in total. The third-order valence-corrected chi connectivity index (χ3v) is 5.23. The Labute approximate surface area is 191 Å². The number of aromatic nitrogens is 3. The molecule has 4 rings (SSSR count). The van der Waals surface area contributed by atoms with Crippen molar-refractivity contribution >= 4 is 17.6 Å². The summed E-state index contributed by atoms with van der Waals surface area (Å²) in [5.74, 6) is -0.552. The van der Waals surface area contributed by atoms with Crippen LogP contribution in [-0.4, -0.2) is 44.5 Å². The molecule has 2 atom stereocenters. The molecule has 34 heavy (non-hydrogen) atoms. The average Bonchev–Trinajstić information content (AvgIpc) is 3.22. The van der Waals surface area contributed by atoms with Gasteiger partial charge < -0.3 is 21.5 Å². The number of aliphatic hydroxyl groups excluding tert-OH is 1. The van der Waals surface area contributed by atoms with Gasteiger partial charge in [-0.2, -0.15) is 13.2 Å². The minimum Gasteiger partial charge on any atom is -0.382 e. The summed E-state index contributed by atoms with van der Waals surface area (Å²) in [4.78, 5) is 35.8. The SMILES string of the molecule is NC(=O)c1cc(N[C@H]2CCNC2=O)nc(-c2ccc(C(O)c3ccc(C(F)(F)F)cn3)cc2)n1. The highest BCUT2D eigenvalue weighted by atomic mass is 19.4. The topological polar surface area (TPSA) is 143 Å². The fraction of sp³-hybridized carbons (Fsp3) is 0.227. The first-order chi connectivity index (χ1) is 16.1. The van der Waals surface area contributed by atoms with Gasteiger partial charge >= 0.3 is 6.18 Å². The summed E-state index contributed by atoms with van der Waals surface area (Å²) in [6, 6.07) is 9.04. The lowest BCUT2D eigenvalue weighted by Gasteiger charge is -2.14. The molecule has 2 amide bonds. The molecule has 1 aliphatic heterocycles. The summed E-state index contributed by atoms with van der Waals surface area (Å²) in [6.07, 6.45) is -4.57. The number of carbonyl (C=O) groups excluding carboxylic acids is 2. The molecule has 0 aliphatic carbocycles. The molecule has 176 valence electrons. The number of benzene rings is 1. The summed E-state index contributed by atoms with van der Waals surface area (Å²) < 4.78 is 38.2. The van der Waals surface area contributed by atoms with Crippen molar-refractivity contribution < 1.29 is 27.9 Å². The maximum atomic E-state index is 12.7. The molecule has 1 unspecified atom stereocenters. The molecule has 0 saturated carbocycles. The van der Waals surface area contributed by atoms with Crippen molar-refractivity contribution in [1.82, 2.24) is 20.3 Å². The number of hydrogen-bond acceptors (Lipinski definition) is 7. The van der Waals surface area contributed by atoms with Crippen LogP contribution in [0.5, 0.6) is 0 Å². The molecule has 1 aromatic carbocycles. The second-order valence-electron chi connectivity index (χ2n) is 7.60. The van der Waals surface area contributed by atoms with Gasteiger partial charge in [-0.1, -0.05) is 24.3 Å². The molecule has 2 aromatic heterocycles. The van der Waals surface area contributed by atoms with E-state index in [9.17, 15) is 27.9 Å². The zero-order chi connectivity index (χ0) is 24.5. The van der Waals surface area contributed by atoms with E-state index in [0.717, 1.165) is 12.1 Å². The van der Waals surface area contributed by atoms with Crippen molar-refractivity contribution in [2.24, 2.45) is 5.73 Å². The molecule has 1 saturated heterocycles.